The molecule has 1 fully saturated rings. The minimum atomic E-state index is -1.06. The maximum atomic E-state index is 10.8. The second-order valence-corrected chi connectivity index (χ2v) is 5.41. The third-order valence-corrected chi connectivity index (χ3v) is 3.27. The van der Waals surface area contributed by atoms with Crippen LogP contribution >= 0.6 is 0 Å². The monoisotopic (exact) mass is 213 g/mol. The minimum Gasteiger partial charge on any atom is -0.480 e. The molecular formula is C12H23NO2. The molecule has 0 spiro atoms. The van der Waals surface area contributed by atoms with E-state index in [0.29, 0.717) is 12.3 Å². The average molecular weight is 213 g/mol. The van der Waals surface area contributed by atoms with E-state index in [1.807, 2.05) is 0 Å². The molecule has 0 unspecified atom stereocenters. The van der Waals surface area contributed by atoms with Gasteiger partial charge >= 0.3 is 5.97 Å². The van der Waals surface area contributed by atoms with E-state index >= 15 is 0 Å². The Bertz CT molecular complexity index is 222. The molecule has 15 heavy (non-hydrogen) atoms. The van der Waals surface area contributed by atoms with Gasteiger partial charge in [-0.05, 0) is 25.2 Å². The molecule has 3 nitrogen and oxygen atoms in total. The molecule has 0 radical (unpaired) electrons. The van der Waals surface area contributed by atoms with Crippen LogP contribution in [-0.4, -0.2) is 16.6 Å². The average Bonchev–Trinajstić information content (AvgIpc) is 2.86. The van der Waals surface area contributed by atoms with Crippen molar-refractivity contribution in [3.63, 3.8) is 0 Å². The van der Waals surface area contributed by atoms with Crippen LogP contribution in [0, 0.1) is 11.8 Å². The Morgan fingerprint density at radius 1 is 1.60 bits per heavy atom. The lowest BCUT2D eigenvalue weighted by Crippen LogP contribution is -2.46. The number of rotatable bonds is 7. The summed E-state index contributed by atoms with van der Waals surface area (Å²) in [4.78, 5) is 10.8. The van der Waals surface area contributed by atoms with Crippen molar-refractivity contribution in [1.29, 1.82) is 0 Å². The van der Waals surface area contributed by atoms with E-state index < -0.39 is 11.5 Å². The highest BCUT2D eigenvalue weighted by Gasteiger charge is 2.29. The SMILES string of the molecule is C[C@@H](CCCC1CC1)C[C@@](C)(N)C(=O)O. The van der Waals surface area contributed by atoms with Crippen molar-refractivity contribution in [3.8, 4) is 0 Å². The van der Waals surface area contributed by atoms with Gasteiger partial charge in [-0.15, -0.1) is 0 Å². The summed E-state index contributed by atoms with van der Waals surface area (Å²) in [6.45, 7) is 3.70. The Morgan fingerprint density at radius 2 is 2.20 bits per heavy atom. The van der Waals surface area contributed by atoms with Gasteiger partial charge in [0.1, 0.15) is 5.54 Å². The Morgan fingerprint density at radius 3 is 2.67 bits per heavy atom. The van der Waals surface area contributed by atoms with Gasteiger partial charge in [-0.2, -0.15) is 0 Å². The number of aliphatic carboxylic acids is 1. The first kappa shape index (κ1) is 12.5. The van der Waals surface area contributed by atoms with Crippen LogP contribution in [-0.2, 0) is 4.79 Å². The van der Waals surface area contributed by atoms with Crippen LogP contribution in [0.25, 0.3) is 0 Å². The number of carboxylic acid groups (broad SMARTS) is 1. The van der Waals surface area contributed by atoms with E-state index in [-0.39, 0.29) is 0 Å². The summed E-state index contributed by atoms with van der Waals surface area (Å²) < 4.78 is 0. The van der Waals surface area contributed by atoms with Crippen LogP contribution in [0.1, 0.15) is 52.4 Å². The fourth-order valence-electron chi connectivity index (χ4n) is 2.07. The molecule has 0 aliphatic heterocycles. The smallest absolute Gasteiger partial charge is 0.323 e. The van der Waals surface area contributed by atoms with Crippen molar-refractivity contribution >= 4 is 5.97 Å². The summed E-state index contributed by atoms with van der Waals surface area (Å²) in [5.74, 6) is 0.493. The summed E-state index contributed by atoms with van der Waals surface area (Å²) in [7, 11) is 0. The number of carbonyl (C=O) groups is 1. The van der Waals surface area contributed by atoms with E-state index in [2.05, 4.69) is 6.92 Å². The predicted octanol–water partition coefficient (Wildman–Crippen LogP) is 2.39. The van der Waals surface area contributed by atoms with Crippen molar-refractivity contribution in [2.24, 2.45) is 17.6 Å². The van der Waals surface area contributed by atoms with Gasteiger partial charge < -0.3 is 10.8 Å². The van der Waals surface area contributed by atoms with Crippen LogP contribution in [0.15, 0.2) is 0 Å². The Hall–Kier alpha value is -0.570. The largest absolute Gasteiger partial charge is 0.480 e. The molecule has 0 bridgehead atoms. The van der Waals surface area contributed by atoms with Crippen molar-refractivity contribution in [2.45, 2.75) is 57.9 Å². The van der Waals surface area contributed by atoms with Gasteiger partial charge in [0.15, 0.2) is 0 Å². The standard InChI is InChI=1S/C12H23NO2/c1-9(4-3-5-10-6-7-10)8-12(2,13)11(14)15/h9-10H,3-8,13H2,1-2H3,(H,14,15)/t9-,12+/m0/s1. The number of nitrogens with two attached hydrogens (primary N) is 1. The Balaban J connectivity index is 2.15. The summed E-state index contributed by atoms with van der Waals surface area (Å²) in [5.41, 5.74) is 4.65. The summed E-state index contributed by atoms with van der Waals surface area (Å²) in [5, 5.41) is 8.89. The van der Waals surface area contributed by atoms with Crippen LogP contribution < -0.4 is 5.73 Å². The predicted molar refractivity (Wildman–Crippen MR) is 60.6 cm³/mol. The molecule has 1 aliphatic carbocycles. The maximum absolute atomic E-state index is 10.8. The minimum absolute atomic E-state index is 0.412. The third-order valence-electron chi connectivity index (χ3n) is 3.27. The van der Waals surface area contributed by atoms with Gasteiger partial charge in [-0.1, -0.05) is 39.0 Å². The molecule has 1 saturated carbocycles. The van der Waals surface area contributed by atoms with E-state index in [1.54, 1.807) is 6.92 Å². The zero-order chi connectivity index (χ0) is 11.5. The highest BCUT2D eigenvalue weighted by Crippen LogP contribution is 2.34. The lowest BCUT2D eigenvalue weighted by atomic mass is 9.88. The number of carboxylic acids is 1. The summed E-state index contributed by atoms with van der Waals surface area (Å²) in [6.07, 6.45) is 7.03. The van der Waals surface area contributed by atoms with Crippen LogP contribution in [0.2, 0.25) is 0 Å². The first-order valence-electron chi connectivity index (χ1n) is 5.94. The highest BCUT2D eigenvalue weighted by molar-refractivity contribution is 5.77. The van der Waals surface area contributed by atoms with Crippen LogP contribution in [0.5, 0.6) is 0 Å². The van der Waals surface area contributed by atoms with E-state index in [4.69, 9.17) is 10.8 Å². The van der Waals surface area contributed by atoms with E-state index in [9.17, 15) is 4.79 Å². The topological polar surface area (TPSA) is 63.3 Å². The number of hydrogen-bond acceptors (Lipinski definition) is 2. The first-order chi connectivity index (χ1) is 6.92. The fraction of sp³-hybridized carbons (Fsp3) is 0.917. The van der Waals surface area contributed by atoms with Gasteiger partial charge in [0.05, 0.1) is 0 Å². The molecule has 2 atom stereocenters. The molecule has 0 saturated heterocycles. The number of hydrogen-bond donors (Lipinski definition) is 2. The molecular weight excluding hydrogens is 190 g/mol. The lowest BCUT2D eigenvalue weighted by Gasteiger charge is -2.23. The fourth-order valence-corrected chi connectivity index (χ4v) is 2.07. The van der Waals surface area contributed by atoms with Gasteiger partial charge in [0.25, 0.3) is 0 Å². The second-order valence-electron chi connectivity index (χ2n) is 5.41. The van der Waals surface area contributed by atoms with Crippen molar-refractivity contribution in [3.05, 3.63) is 0 Å². The van der Waals surface area contributed by atoms with E-state index in [1.165, 1.54) is 25.7 Å². The quantitative estimate of drug-likeness (QED) is 0.682. The Labute approximate surface area is 92.0 Å². The van der Waals surface area contributed by atoms with Crippen molar-refractivity contribution in [1.82, 2.24) is 0 Å². The molecule has 0 aromatic heterocycles. The molecule has 0 aromatic carbocycles. The molecule has 88 valence electrons. The van der Waals surface area contributed by atoms with E-state index in [0.717, 1.165) is 12.3 Å². The third kappa shape index (κ3) is 4.65. The zero-order valence-corrected chi connectivity index (χ0v) is 9.83. The molecule has 0 amide bonds. The van der Waals surface area contributed by atoms with Crippen LogP contribution in [0.3, 0.4) is 0 Å². The van der Waals surface area contributed by atoms with Gasteiger partial charge in [0, 0.05) is 0 Å². The Kier molecular flexibility index (Phi) is 4.14. The normalized spacial score (nSPS) is 22.1. The molecule has 3 N–H and O–H groups in total. The molecule has 3 heteroatoms. The summed E-state index contributed by atoms with van der Waals surface area (Å²) >= 11 is 0. The van der Waals surface area contributed by atoms with Crippen LogP contribution in [0.4, 0.5) is 0 Å². The van der Waals surface area contributed by atoms with Gasteiger partial charge in [-0.25, -0.2) is 0 Å². The summed E-state index contributed by atoms with van der Waals surface area (Å²) in [6, 6.07) is 0. The highest BCUT2D eigenvalue weighted by atomic mass is 16.4. The first-order valence-corrected chi connectivity index (χ1v) is 5.94. The molecule has 1 aliphatic rings. The van der Waals surface area contributed by atoms with Crippen molar-refractivity contribution < 1.29 is 9.90 Å². The lowest BCUT2D eigenvalue weighted by molar-refractivity contribution is -0.143. The zero-order valence-electron chi connectivity index (χ0n) is 9.83. The molecule has 0 heterocycles. The molecule has 1 rings (SSSR count). The second kappa shape index (κ2) is 4.97. The van der Waals surface area contributed by atoms with Crippen molar-refractivity contribution in [2.75, 3.05) is 0 Å². The molecule has 0 aromatic rings. The van der Waals surface area contributed by atoms with Gasteiger partial charge in [-0.3, -0.25) is 4.79 Å². The maximum Gasteiger partial charge on any atom is 0.323 e. The van der Waals surface area contributed by atoms with Gasteiger partial charge in [0.2, 0.25) is 0 Å².